The average molecular weight is 251 g/mol. The zero-order valence-electron chi connectivity index (χ0n) is 8.46. The van der Waals surface area contributed by atoms with Gasteiger partial charge < -0.3 is 5.73 Å². The van der Waals surface area contributed by atoms with E-state index in [1.807, 2.05) is 35.0 Å². The molecule has 82 valence electrons. The molecular weight excluding hydrogens is 240 g/mol. The van der Waals surface area contributed by atoms with Gasteiger partial charge in [0.1, 0.15) is 0 Å². The molecule has 0 saturated heterocycles. The van der Waals surface area contributed by atoms with Gasteiger partial charge in [-0.3, -0.25) is 0 Å². The molecule has 16 heavy (non-hydrogen) atoms. The van der Waals surface area contributed by atoms with Crippen molar-refractivity contribution < 1.29 is 0 Å². The first-order valence-electron chi connectivity index (χ1n) is 4.59. The molecule has 1 aromatic heterocycles. The first-order chi connectivity index (χ1) is 7.31. The number of thiophene rings is 1. The second-order valence-corrected chi connectivity index (χ2v) is 4.05. The molecule has 0 unspecified atom stereocenters. The van der Waals surface area contributed by atoms with Gasteiger partial charge in [0.05, 0.1) is 17.7 Å². The summed E-state index contributed by atoms with van der Waals surface area (Å²) >= 11 is 1.63. The molecule has 0 saturated carbocycles. The van der Waals surface area contributed by atoms with Crippen LogP contribution in [0.2, 0.25) is 0 Å². The highest BCUT2D eigenvalue weighted by atomic mass is 35.5. The summed E-state index contributed by atoms with van der Waals surface area (Å²) < 4.78 is 0. The lowest BCUT2D eigenvalue weighted by Crippen LogP contribution is -2.10. The van der Waals surface area contributed by atoms with Gasteiger partial charge in [-0.15, -0.1) is 12.4 Å². The number of nitrogens with two attached hydrogens (primary N) is 1. The quantitative estimate of drug-likeness (QED) is 0.891. The second-order valence-electron chi connectivity index (χ2n) is 3.27. The van der Waals surface area contributed by atoms with Crippen molar-refractivity contribution in [3.05, 3.63) is 57.8 Å². The smallest absolute Gasteiger partial charge is 0.0991 e. The molecule has 0 radical (unpaired) electrons. The third kappa shape index (κ3) is 2.61. The van der Waals surface area contributed by atoms with Crippen LogP contribution in [0.5, 0.6) is 0 Å². The van der Waals surface area contributed by atoms with Crippen LogP contribution < -0.4 is 5.73 Å². The van der Waals surface area contributed by atoms with Crippen molar-refractivity contribution in [2.45, 2.75) is 6.04 Å². The summed E-state index contributed by atoms with van der Waals surface area (Å²) in [5, 5.41) is 12.8. The van der Waals surface area contributed by atoms with Crippen molar-refractivity contribution in [2.75, 3.05) is 0 Å². The number of nitriles is 1. The van der Waals surface area contributed by atoms with E-state index in [1.54, 1.807) is 17.4 Å². The van der Waals surface area contributed by atoms with E-state index in [4.69, 9.17) is 11.0 Å². The number of nitrogens with zero attached hydrogens (tertiary/aromatic N) is 1. The highest BCUT2D eigenvalue weighted by Gasteiger charge is 2.09. The fourth-order valence-electron chi connectivity index (χ4n) is 1.45. The van der Waals surface area contributed by atoms with Gasteiger partial charge in [0.15, 0.2) is 0 Å². The third-order valence-corrected chi connectivity index (χ3v) is 2.98. The summed E-state index contributed by atoms with van der Waals surface area (Å²) in [6.07, 6.45) is 0. The Kier molecular flexibility index (Phi) is 4.51. The lowest BCUT2D eigenvalue weighted by molar-refractivity contribution is 0.876. The maximum Gasteiger partial charge on any atom is 0.0991 e. The fourth-order valence-corrected chi connectivity index (χ4v) is 2.14. The van der Waals surface area contributed by atoms with Crippen LogP contribution in [0, 0.1) is 11.3 Å². The van der Waals surface area contributed by atoms with E-state index in [1.165, 1.54) is 0 Å². The molecule has 0 aliphatic carbocycles. The molecule has 1 heterocycles. The summed E-state index contributed by atoms with van der Waals surface area (Å²) in [4.78, 5) is 0. The van der Waals surface area contributed by atoms with E-state index >= 15 is 0 Å². The van der Waals surface area contributed by atoms with Crippen LogP contribution in [0.4, 0.5) is 0 Å². The fraction of sp³-hybridized carbons (Fsp3) is 0.0833. The van der Waals surface area contributed by atoms with Crippen LogP contribution in [-0.2, 0) is 0 Å². The molecule has 1 atom stereocenters. The van der Waals surface area contributed by atoms with Gasteiger partial charge in [-0.2, -0.15) is 16.6 Å². The van der Waals surface area contributed by atoms with E-state index in [9.17, 15) is 0 Å². The highest BCUT2D eigenvalue weighted by molar-refractivity contribution is 7.08. The largest absolute Gasteiger partial charge is 0.320 e. The molecule has 2 N–H and O–H groups in total. The van der Waals surface area contributed by atoms with E-state index in [0.717, 1.165) is 11.1 Å². The van der Waals surface area contributed by atoms with Crippen molar-refractivity contribution in [2.24, 2.45) is 5.73 Å². The van der Waals surface area contributed by atoms with Crippen LogP contribution in [0.1, 0.15) is 22.7 Å². The van der Waals surface area contributed by atoms with Crippen molar-refractivity contribution in [1.82, 2.24) is 0 Å². The van der Waals surface area contributed by atoms with E-state index in [-0.39, 0.29) is 18.4 Å². The Bertz CT molecular complexity index is 488. The molecule has 2 rings (SSSR count). The monoisotopic (exact) mass is 250 g/mol. The molecule has 0 aliphatic heterocycles. The Morgan fingerprint density at radius 2 is 2.06 bits per heavy atom. The second kappa shape index (κ2) is 5.66. The van der Waals surface area contributed by atoms with Gasteiger partial charge in [-0.1, -0.05) is 12.1 Å². The number of hydrogen-bond donors (Lipinski definition) is 1. The predicted molar refractivity (Wildman–Crippen MR) is 68.8 cm³/mol. The van der Waals surface area contributed by atoms with E-state index in [2.05, 4.69) is 6.07 Å². The zero-order valence-corrected chi connectivity index (χ0v) is 10.1. The molecule has 2 aromatic rings. The molecule has 1 aromatic carbocycles. The molecule has 4 heteroatoms. The SMILES string of the molecule is Cl.N#Cc1cccc([C@H](N)c2ccsc2)c1. The Morgan fingerprint density at radius 3 is 2.69 bits per heavy atom. The summed E-state index contributed by atoms with van der Waals surface area (Å²) in [5.74, 6) is 0. The first kappa shape index (κ1) is 12.7. The summed E-state index contributed by atoms with van der Waals surface area (Å²) in [6.45, 7) is 0. The number of rotatable bonds is 2. The number of halogens is 1. The van der Waals surface area contributed by atoms with Crippen LogP contribution in [0.25, 0.3) is 0 Å². The third-order valence-electron chi connectivity index (χ3n) is 2.28. The molecule has 0 fully saturated rings. The van der Waals surface area contributed by atoms with Crippen LogP contribution in [-0.4, -0.2) is 0 Å². The van der Waals surface area contributed by atoms with Crippen molar-refractivity contribution in [1.29, 1.82) is 5.26 Å². The summed E-state index contributed by atoms with van der Waals surface area (Å²) in [7, 11) is 0. The predicted octanol–water partition coefficient (Wildman–Crippen LogP) is 3.09. The van der Waals surface area contributed by atoms with Gasteiger partial charge >= 0.3 is 0 Å². The minimum Gasteiger partial charge on any atom is -0.320 e. The van der Waals surface area contributed by atoms with Gasteiger partial charge in [0.25, 0.3) is 0 Å². The lowest BCUT2D eigenvalue weighted by Gasteiger charge is -2.10. The number of hydrogen-bond acceptors (Lipinski definition) is 3. The molecular formula is C12H11ClN2S. The van der Waals surface area contributed by atoms with Gasteiger partial charge in [0, 0.05) is 0 Å². The lowest BCUT2D eigenvalue weighted by atomic mass is 10.0. The Labute approximate surface area is 105 Å². The highest BCUT2D eigenvalue weighted by Crippen LogP contribution is 2.22. The Balaban J connectivity index is 0.00000128. The van der Waals surface area contributed by atoms with Crippen molar-refractivity contribution in [3.63, 3.8) is 0 Å². The minimum atomic E-state index is -0.135. The standard InChI is InChI=1S/C12H10N2S.ClH/c13-7-9-2-1-3-10(6-9)12(14)11-4-5-15-8-11;/h1-6,8,12H,14H2;1H/t12-;/m0./s1. The molecule has 0 bridgehead atoms. The number of benzene rings is 1. The first-order valence-corrected chi connectivity index (χ1v) is 5.53. The summed E-state index contributed by atoms with van der Waals surface area (Å²) in [6, 6.07) is 11.4. The average Bonchev–Trinajstić information content (AvgIpc) is 2.81. The van der Waals surface area contributed by atoms with Crippen LogP contribution >= 0.6 is 23.7 Å². The maximum absolute atomic E-state index is 8.79. The molecule has 0 amide bonds. The Morgan fingerprint density at radius 1 is 1.25 bits per heavy atom. The molecule has 0 aliphatic rings. The van der Waals surface area contributed by atoms with Crippen molar-refractivity contribution >= 4 is 23.7 Å². The van der Waals surface area contributed by atoms with E-state index < -0.39 is 0 Å². The van der Waals surface area contributed by atoms with Gasteiger partial charge in [0.2, 0.25) is 0 Å². The topological polar surface area (TPSA) is 49.8 Å². The molecule has 0 spiro atoms. The Hall–Kier alpha value is -1.34. The normalized spacial score (nSPS) is 11.2. The van der Waals surface area contributed by atoms with Gasteiger partial charge in [-0.05, 0) is 40.1 Å². The van der Waals surface area contributed by atoms with Crippen LogP contribution in [0.15, 0.2) is 41.1 Å². The molecule has 2 nitrogen and oxygen atoms in total. The summed E-state index contributed by atoms with van der Waals surface area (Å²) in [5.41, 5.74) is 8.80. The maximum atomic E-state index is 8.79. The zero-order chi connectivity index (χ0) is 10.7. The minimum absolute atomic E-state index is 0. The van der Waals surface area contributed by atoms with Crippen molar-refractivity contribution in [3.8, 4) is 6.07 Å². The van der Waals surface area contributed by atoms with Crippen LogP contribution in [0.3, 0.4) is 0 Å². The van der Waals surface area contributed by atoms with E-state index in [0.29, 0.717) is 5.56 Å². The van der Waals surface area contributed by atoms with Gasteiger partial charge in [-0.25, -0.2) is 0 Å².